The second kappa shape index (κ2) is 13.0. The first kappa shape index (κ1) is 34.1. The third-order valence-corrected chi connectivity index (χ3v) is 14.3. The van der Waals surface area contributed by atoms with Crippen LogP contribution in [0.4, 0.5) is 17.1 Å². The number of hydrogen-bond donors (Lipinski definition) is 0. The number of thiophene rings is 1. The van der Waals surface area contributed by atoms with E-state index in [2.05, 4.69) is 230 Å². The minimum atomic E-state index is -0.480. The van der Waals surface area contributed by atoms with E-state index in [1.54, 1.807) is 0 Å². The summed E-state index contributed by atoms with van der Waals surface area (Å²) in [5.41, 5.74) is 17.1. The van der Waals surface area contributed by atoms with Gasteiger partial charge in [-0.2, -0.15) is 0 Å². The highest BCUT2D eigenvalue weighted by molar-refractivity contribution is 7.25. The largest absolute Gasteiger partial charge is 0.310 e. The molecule has 0 radical (unpaired) electrons. The summed E-state index contributed by atoms with van der Waals surface area (Å²) < 4.78 is 2.60. The number of hydrogen-bond acceptors (Lipinski definition) is 2. The van der Waals surface area contributed by atoms with Crippen LogP contribution in [0.15, 0.2) is 218 Å². The van der Waals surface area contributed by atoms with Crippen molar-refractivity contribution in [2.45, 2.75) is 17.8 Å². The fourth-order valence-electron chi connectivity index (χ4n) is 10.7. The molecule has 0 saturated carbocycles. The Balaban J connectivity index is 1.07. The third kappa shape index (κ3) is 4.78. The van der Waals surface area contributed by atoms with Gasteiger partial charge in [0.2, 0.25) is 0 Å². The predicted molar refractivity (Wildman–Crippen MR) is 249 cm³/mol. The number of rotatable bonds is 6. The number of fused-ring (bicyclic) bond motifs is 9. The summed E-state index contributed by atoms with van der Waals surface area (Å²) in [5.74, 6) is 0. The van der Waals surface area contributed by atoms with Gasteiger partial charge in [0.05, 0.1) is 5.41 Å². The van der Waals surface area contributed by atoms with E-state index in [9.17, 15) is 0 Å². The van der Waals surface area contributed by atoms with E-state index in [0.29, 0.717) is 0 Å². The highest BCUT2D eigenvalue weighted by Crippen LogP contribution is 2.58. The molecule has 59 heavy (non-hydrogen) atoms. The molecule has 0 amide bonds. The van der Waals surface area contributed by atoms with Crippen molar-refractivity contribution in [1.82, 2.24) is 0 Å². The van der Waals surface area contributed by atoms with Crippen molar-refractivity contribution in [3.63, 3.8) is 0 Å². The summed E-state index contributed by atoms with van der Waals surface area (Å²) in [5, 5.41) is 2.65. The van der Waals surface area contributed by atoms with Crippen LogP contribution in [-0.2, 0) is 10.8 Å². The van der Waals surface area contributed by atoms with Crippen molar-refractivity contribution in [2.24, 2.45) is 0 Å². The van der Waals surface area contributed by atoms with Gasteiger partial charge in [-0.15, -0.1) is 11.3 Å². The van der Waals surface area contributed by atoms with Crippen molar-refractivity contribution in [1.29, 1.82) is 0 Å². The third-order valence-electron chi connectivity index (χ3n) is 13.2. The first-order valence-corrected chi connectivity index (χ1v) is 21.3. The maximum absolute atomic E-state index is 2.46. The smallest absolute Gasteiger partial charge is 0.0714 e. The Hall–Kier alpha value is -7.00. The number of anilines is 3. The monoisotopic (exact) mass is 769 g/mol. The zero-order valence-electron chi connectivity index (χ0n) is 32.6. The van der Waals surface area contributed by atoms with Crippen LogP contribution in [-0.4, -0.2) is 0 Å². The molecule has 1 aromatic heterocycles. The Labute approximate surface area is 349 Å². The summed E-state index contributed by atoms with van der Waals surface area (Å²) in [7, 11) is 0. The van der Waals surface area contributed by atoms with E-state index in [1.165, 1.54) is 81.4 Å². The quantitative estimate of drug-likeness (QED) is 0.163. The predicted octanol–water partition coefficient (Wildman–Crippen LogP) is 15.2. The van der Waals surface area contributed by atoms with E-state index in [0.717, 1.165) is 17.1 Å². The van der Waals surface area contributed by atoms with Gasteiger partial charge in [-0.1, -0.05) is 176 Å². The fourth-order valence-corrected chi connectivity index (χ4v) is 11.9. The molecule has 2 aliphatic rings. The molecule has 1 nitrogen and oxygen atoms in total. The van der Waals surface area contributed by atoms with Gasteiger partial charge in [0.25, 0.3) is 0 Å². The molecule has 0 bridgehead atoms. The second-order valence-corrected chi connectivity index (χ2v) is 17.2. The minimum absolute atomic E-state index is 0.276. The van der Waals surface area contributed by atoms with Gasteiger partial charge < -0.3 is 4.90 Å². The van der Waals surface area contributed by atoms with Crippen molar-refractivity contribution >= 4 is 48.6 Å². The molecular formula is C57H39NS. The Morgan fingerprint density at radius 1 is 0.356 bits per heavy atom. The standard InChI is InChI=1S/C57H39NS/c1-56(48-27-14-11-24-43(48)44-25-12-15-28-49(44)56)51-30-17-31-53-55(51)47-35-33-42(37-54(47)59-53)58(40-22-9-4-10-23-40)41-32-34-46-45-26-13-16-29-50(45)57(52(46)36-41,38-18-5-2-6-19-38)39-20-7-3-8-21-39/h2-37H,1H3. The molecule has 9 aromatic carbocycles. The zero-order valence-corrected chi connectivity index (χ0v) is 33.5. The van der Waals surface area contributed by atoms with E-state index < -0.39 is 5.41 Å². The molecule has 1 heterocycles. The number of para-hydroxylation sites is 1. The molecule has 12 rings (SSSR count). The molecular weight excluding hydrogens is 731 g/mol. The average Bonchev–Trinajstić information content (AvgIpc) is 3.92. The first-order valence-electron chi connectivity index (χ1n) is 20.5. The van der Waals surface area contributed by atoms with Crippen LogP contribution in [0.5, 0.6) is 0 Å². The number of benzene rings is 9. The highest BCUT2D eigenvalue weighted by Gasteiger charge is 2.46. The molecule has 0 atom stereocenters. The molecule has 0 N–H and O–H groups in total. The van der Waals surface area contributed by atoms with Crippen molar-refractivity contribution in [3.05, 3.63) is 257 Å². The lowest BCUT2D eigenvalue weighted by Crippen LogP contribution is -2.28. The molecule has 0 unspecified atom stereocenters. The molecule has 2 heteroatoms. The Kier molecular flexibility index (Phi) is 7.51. The van der Waals surface area contributed by atoms with Gasteiger partial charge in [-0.25, -0.2) is 0 Å². The maximum Gasteiger partial charge on any atom is 0.0714 e. The summed E-state index contributed by atoms with van der Waals surface area (Å²) in [4.78, 5) is 2.44. The highest BCUT2D eigenvalue weighted by atomic mass is 32.1. The Morgan fingerprint density at radius 2 is 0.847 bits per heavy atom. The van der Waals surface area contributed by atoms with Crippen molar-refractivity contribution < 1.29 is 0 Å². The Morgan fingerprint density at radius 3 is 1.49 bits per heavy atom. The lowest BCUT2D eigenvalue weighted by atomic mass is 9.67. The van der Waals surface area contributed by atoms with Gasteiger partial charge >= 0.3 is 0 Å². The summed E-state index contributed by atoms with van der Waals surface area (Å²) in [6.45, 7) is 2.43. The van der Waals surface area contributed by atoms with Crippen LogP contribution in [0, 0.1) is 0 Å². The normalized spacial score (nSPS) is 14.1. The molecule has 0 spiro atoms. The summed E-state index contributed by atoms with van der Waals surface area (Å²) in [6.07, 6.45) is 0. The van der Waals surface area contributed by atoms with Crippen LogP contribution < -0.4 is 4.90 Å². The maximum atomic E-state index is 2.46. The lowest BCUT2D eigenvalue weighted by molar-refractivity contribution is 0.722. The van der Waals surface area contributed by atoms with Crippen molar-refractivity contribution in [2.75, 3.05) is 4.90 Å². The van der Waals surface area contributed by atoms with Crippen LogP contribution in [0.25, 0.3) is 42.4 Å². The van der Waals surface area contributed by atoms with Gasteiger partial charge in [-0.3, -0.25) is 0 Å². The van der Waals surface area contributed by atoms with Gasteiger partial charge in [0.1, 0.15) is 0 Å². The van der Waals surface area contributed by atoms with E-state index in [-0.39, 0.29) is 5.41 Å². The van der Waals surface area contributed by atoms with E-state index in [4.69, 9.17) is 0 Å². The summed E-state index contributed by atoms with van der Waals surface area (Å²) >= 11 is 1.90. The summed E-state index contributed by atoms with van der Waals surface area (Å²) in [6, 6.07) is 81.2. The van der Waals surface area contributed by atoms with E-state index in [1.807, 2.05) is 11.3 Å². The van der Waals surface area contributed by atoms with Gasteiger partial charge in [0.15, 0.2) is 0 Å². The topological polar surface area (TPSA) is 3.24 Å². The van der Waals surface area contributed by atoms with Gasteiger partial charge in [0, 0.05) is 42.6 Å². The number of nitrogens with zero attached hydrogens (tertiary/aromatic N) is 1. The fraction of sp³-hybridized carbons (Fsp3) is 0.0526. The van der Waals surface area contributed by atoms with Crippen LogP contribution in [0.2, 0.25) is 0 Å². The Bertz CT molecular complexity index is 3150. The lowest BCUT2D eigenvalue weighted by Gasteiger charge is -2.35. The molecule has 278 valence electrons. The molecule has 0 fully saturated rings. The minimum Gasteiger partial charge on any atom is -0.310 e. The van der Waals surface area contributed by atoms with E-state index >= 15 is 0 Å². The van der Waals surface area contributed by atoms with Crippen LogP contribution in [0.1, 0.15) is 45.9 Å². The zero-order chi connectivity index (χ0) is 39.1. The second-order valence-electron chi connectivity index (χ2n) is 16.1. The molecule has 0 aliphatic heterocycles. The van der Waals surface area contributed by atoms with Crippen LogP contribution in [0.3, 0.4) is 0 Å². The first-order chi connectivity index (χ1) is 29.2. The average molecular weight is 770 g/mol. The van der Waals surface area contributed by atoms with Crippen molar-refractivity contribution in [3.8, 4) is 22.3 Å². The van der Waals surface area contributed by atoms with Gasteiger partial charge in [-0.05, 0) is 111 Å². The molecule has 2 aliphatic carbocycles. The SMILES string of the molecule is CC1(c2cccc3sc4cc(N(c5ccccc5)c5ccc6c(c5)C(c5ccccc5)(c5ccccc5)c5ccccc5-6)ccc4c23)c2ccccc2-c2ccccc21. The molecule has 0 saturated heterocycles. The van der Waals surface area contributed by atoms with Crippen LogP contribution >= 0.6 is 11.3 Å². The molecule has 10 aromatic rings.